The van der Waals surface area contributed by atoms with E-state index in [1.807, 2.05) is 24.3 Å². The summed E-state index contributed by atoms with van der Waals surface area (Å²) in [4.78, 5) is 24.9. The minimum atomic E-state index is -0.574. The van der Waals surface area contributed by atoms with Gasteiger partial charge in [0.15, 0.2) is 28.8 Å². The van der Waals surface area contributed by atoms with E-state index < -0.39 is 11.8 Å². The lowest BCUT2D eigenvalue weighted by atomic mass is 9.65. The van der Waals surface area contributed by atoms with Crippen LogP contribution in [0.25, 0.3) is 0 Å². The summed E-state index contributed by atoms with van der Waals surface area (Å²) >= 11 is 0. The first-order chi connectivity index (χ1) is 17.9. The second-order valence-corrected chi connectivity index (χ2v) is 9.48. The molecule has 4 atom stereocenters. The number of cyclic esters (lactones) is 1. The Morgan fingerprint density at radius 3 is 2.38 bits per heavy atom. The summed E-state index contributed by atoms with van der Waals surface area (Å²) in [6.45, 7) is 1.82. The number of carbonyl (C=O) groups excluding carboxylic acids is 2. The molecule has 1 fully saturated rings. The van der Waals surface area contributed by atoms with E-state index in [-0.39, 0.29) is 54.4 Å². The average molecular weight is 504 g/mol. The van der Waals surface area contributed by atoms with Crippen LogP contribution in [0.4, 0.5) is 5.69 Å². The molecule has 9 nitrogen and oxygen atoms in total. The molecule has 3 aromatic rings. The highest BCUT2D eigenvalue weighted by atomic mass is 16.7. The van der Waals surface area contributed by atoms with Gasteiger partial charge in [0.1, 0.15) is 0 Å². The summed E-state index contributed by atoms with van der Waals surface area (Å²) in [6, 6.07) is 13.8. The van der Waals surface area contributed by atoms with E-state index in [4.69, 9.17) is 18.9 Å². The lowest BCUT2D eigenvalue weighted by Gasteiger charge is -2.40. The Morgan fingerprint density at radius 1 is 1.00 bits per heavy atom. The summed E-state index contributed by atoms with van der Waals surface area (Å²) in [5.41, 5.74) is 3.71. The zero-order chi connectivity index (χ0) is 25.8. The van der Waals surface area contributed by atoms with Crippen LogP contribution in [-0.2, 0) is 9.53 Å². The van der Waals surface area contributed by atoms with Crippen molar-refractivity contribution in [3.05, 3.63) is 70.8 Å². The van der Waals surface area contributed by atoms with Gasteiger partial charge >= 0.3 is 5.97 Å². The summed E-state index contributed by atoms with van der Waals surface area (Å²) < 4.78 is 22.2. The van der Waals surface area contributed by atoms with E-state index in [2.05, 4.69) is 5.32 Å². The minimum absolute atomic E-state index is 0.0208. The van der Waals surface area contributed by atoms with Crippen molar-refractivity contribution in [2.24, 2.45) is 11.8 Å². The molecule has 0 spiro atoms. The van der Waals surface area contributed by atoms with Gasteiger partial charge in [-0.15, -0.1) is 0 Å². The van der Waals surface area contributed by atoms with Crippen LogP contribution in [-0.4, -0.2) is 42.5 Å². The van der Waals surface area contributed by atoms with Crippen LogP contribution in [0, 0.1) is 11.8 Å². The van der Waals surface area contributed by atoms with Crippen molar-refractivity contribution >= 4 is 17.4 Å². The molecule has 0 radical (unpaired) electrons. The van der Waals surface area contributed by atoms with Gasteiger partial charge in [-0.1, -0.05) is 0 Å². The number of hydrogen-bond donors (Lipinski definition) is 3. The third-order valence-corrected chi connectivity index (χ3v) is 7.46. The number of esters is 1. The zero-order valence-electron chi connectivity index (χ0n) is 20.2. The number of nitrogens with one attached hydrogen (secondary N) is 1. The lowest BCUT2D eigenvalue weighted by molar-refractivity contribution is -0.141. The van der Waals surface area contributed by atoms with Gasteiger partial charge in [0.25, 0.3) is 0 Å². The molecule has 6 rings (SSSR count). The van der Waals surface area contributed by atoms with Crippen LogP contribution in [0.5, 0.6) is 28.7 Å². The highest BCUT2D eigenvalue weighted by Crippen LogP contribution is 2.56. The van der Waals surface area contributed by atoms with Gasteiger partial charge < -0.3 is 34.5 Å². The number of phenols is 2. The molecule has 1 unspecified atom stereocenters. The van der Waals surface area contributed by atoms with Gasteiger partial charge in [-0.05, 0) is 72.1 Å². The van der Waals surface area contributed by atoms with E-state index in [0.717, 1.165) is 16.8 Å². The molecular weight excluding hydrogens is 478 g/mol. The molecule has 0 amide bonds. The zero-order valence-corrected chi connectivity index (χ0v) is 20.2. The molecule has 2 aliphatic heterocycles. The third-order valence-electron chi connectivity index (χ3n) is 7.46. The Kier molecular flexibility index (Phi) is 5.36. The van der Waals surface area contributed by atoms with Crippen LogP contribution in [0.1, 0.15) is 45.9 Å². The van der Waals surface area contributed by atoms with Gasteiger partial charge in [-0.3, -0.25) is 9.59 Å². The van der Waals surface area contributed by atoms with Gasteiger partial charge in [-0.25, -0.2) is 0 Å². The maximum absolute atomic E-state index is 13.2. The first-order valence-corrected chi connectivity index (χ1v) is 11.9. The van der Waals surface area contributed by atoms with E-state index in [0.29, 0.717) is 22.6 Å². The van der Waals surface area contributed by atoms with Gasteiger partial charge in [0.05, 0.1) is 25.7 Å². The van der Waals surface area contributed by atoms with Gasteiger partial charge in [0.2, 0.25) is 12.5 Å². The van der Waals surface area contributed by atoms with Crippen LogP contribution >= 0.6 is 0 Å². The number of carbonyl (C=O) groups is 2. The lowest BCUT2D eigenvalue weighted by Crippen LogP contribution is -2.37. The smallest absolute Gasteiger partial charge is 0.310 e. The highest BCUT2D eigenvalue weighted by Gasteiger charge is 2.52. The molecule has 1 aliphatic carbocycles. The number of fused-ring (bicyclic) bond motifs is 3. The first kappa shape index (κ1) is 23.0. The minimum Gasteiger partial charge on any atom is -0.504 e. The molecular formula is C28H25NO8. The molecule has 2 heterocycles. The van der Waals surface area contributed by atoms with E-state index >= 15 is 0 Å². The standard InChI is InChI=1S/C28H25NO8/c1-13(30)14-3-5-16(6-4-14)29-26-18-10-22-21(36-12-37-22)9-17(18)24(25-19(26)11-35-28(25)33)15-7-20(31)27(32)23(8-15)34-2/h3-10,19,24-26,29,31-32H,11-12H2,1-2H3/t19-,24+,25-,26?/m0/s1. The molecule has 3 N–H and O–H groups in total. The maximum Gasteiger partial charge on any atom is 0.310 e. The average Bonchev–Trinajstić information content (AvgIpc) is 3.51. The second kappa shape index (κ2) is 8.62. The van der Waals surface area contributed by atoms with Crippen molar-refractivity contribution in [3.63, 3.8) is 0 Å². The number of benzene rings is 3. The number of Topliss-reactive ketones (excluding diaryl/α,β-unsaturated/α-hetero) is 1. The SMILES string of the molecule is COc1cc([C@@H]2c3cc4c(cc3C(Nc3ccc(C(C)=O)cc3)[C@H]3COC(=O)[C@H]23)OCO4)cc(O)c1O. The monoisotopic (exact) mass is 503 g/mol. The van der Waals surface area contributed by atoms with E-state index in [1.54, 1.807) is 18.2 Å². The summed E-state index contributed by atoms with van der Waals surface area (Å²) in [6.07, 6.45) is 0. The predicted molar refractivity (Wildman–Crippen MR) is 131 cm³/mol. The summed E-state index contributed by atoms with van der Waals surface area (Å²) in [7, 11) is 1.40. The fraction of sp³-hybridized carbons (Fsp3) is 0.286. The van der Waals surface area contributed by atoms with Crippen molar-refractivity contribution in [2.45, 2.75) is 18.9 Å². The third kappa shape index (κ3) is 3.69. The predicted octanol–water partition coefficient (Wildman–Crippen LogP) is 4.13. The number of ether oxygens (including phenoxy) is 4. The normalized spacial score (nSPS) is 23.1. The first-order valence-electron chi connectivity index (χ1n) is 11.9. The molecule has 0 aromatic heterocycles. The number of anilines is 1. The Morgan fingerprint density at radius 2 is 1.70 bits per heavy atom. The highest BCUT2D eigenvalue weighted by molar-refractivity contribution is 5.94. The number of methoxy groups -OCH3 is 1. The van der Waals surface area contributed by atoms with Gasteiger partial charge in [-0.2, -0.15) is 0 Å². The fourth-order valence-corrected chi connectivity index (χ4v) is 5.68. The Bertz CT molecular complexity index is 1420. The van der Waals surface area contributed by atoms with Crippen molar-refractivity contribution in [1.29, 1.82) is 0 Å². The van der Waals surface area contributed by atoms with Crippen LogP contribution in [0.3, 0.4) is 0 Å². The van der Waals surface area contributed by atoms with Crippen LogP contribution in [0.15, 0.2) is 48.5 Å². The van der Waals surface area contributed by atoms with E-state index in [1.165, 1.54) is 20.1 Å². The number of rotatable bonds is 5. The molecule has 9 heteroatoms. The van der Waals surface area contributed by atoms with Crippen molar-refractivity contribution < 1.29 is 38.7 Å². The number of ketones is 1. The van der Waals surface area contributed by atoms with Crippen LogP contribution in [0.2, 0.25) is 0 Å². The Labute approximate surface area is 212 Å². The number of phenolic OH excluding ortho intramolecular Hbond substituents is 2. The molecule has 0 bridgehead atoms. The molecule has 0 saturated carbocycles. The molecule has 3 aromatic carbocycles. The summed E-state index contributed by atoms with van der Waals surface area (Å²) in [5.74, 6) is -1.13. The Balaban J connectivity index is 1.51. The molecule has 1 saturated heterocycles. The van der Waals surface area contributed by atoms with E-state index in [9.17, 15) is 19.8 Å². The molecule has 190 valence electrons. The van der Waals surface area contributed by atoms with Crippen LogP contribution < -0.4 is 19.5 Å². The quantitative estimate of drug-likeness (QED) is 0.268. The van der Waals surface area contributed by atoms with Crippen molar-refractivity contribution in [1.82, 2.24) is 0 Å². The Hall–Kier alpha value is -4.40. The number of aromatic hydroxyl groups is 2. The maximum atomic E-state index is 13.2. The topological polar surface area (TPSA) is 124 Å². The van der Waals surface area contributed by atoms with Crippen molar-refractivity contribution in [2.75, 3.05) is 25.8 Å². The molecule has 3 aliphatic rings. The molecule has 37 heavy (non-hydrogen) atoms. The van der Waals surface area contributed by atoms with Crippen molar-refractivity contribution in [3.8, 4) is 28.7 Å². The van der Waals surface area contributed by atoms with Gasteiger partial charge in [0, 0.05) is 23.1 Å². The summed E-state index contributed by atoms with van der Waals surface area (Å²) in [5, 5.41) is 24.2. The largest absolute Gasteiger partial charge is 0.504 e. The fourth-order valence-electron chi connectivity index (χ4n) is 5.68. The second-order valence-electron chi connectivity index (χ2n) is 9.48. The number of hydrogen-bond acceptors (Lipinski definition) is 9.